The van der Waals surface area contributed by atoms with Gasteiger partial charge in [-0.1, -0.05) is 18.2 Å². The molecule has 1 aliphatic carbocycles. The Hall–Kier alpha value is -3.41. The predicted molar refractivity (Wildman–Crippen MR) is 106 cm³/mol. The third kappa shape index (κ3) is 3.96. The van der Waals surface area contributed by atoms with E-state index in [0.29, 0.717) is 22.9 Å². The van der Waals surface area contributed by atoms with Crippen LogP contribution >= 0.6 is 0 Å². The molecule has 6 nitrogen and oxygen atoms in total. The largest absolute Gasteiger partial charge is 0.497 e. The zero-order valence-electron chi connectivity index (χ0n) is 15.5. The first-order chi connectivity index (χ1) is 13.6. The molecule has 2 aromatic carbocycles. The van der Waals surface area contributed by atoms with Gasteiger partial charge in [-0.3, -0.25) is 9.78 Å². The summed E-state index contributed by atoms with van der Waals surface area (Å²) in [5.74, 6) is 0.180. The molecule has 1 heterocycles. The number of methoxy groups -OCH3 is 1. The van der Waals surface area contributed by atoms with Crippen LogP contribution in [0.25, 0.3) is 10.9 Å². The van der Waals surface area contributed by atoms with Gasteiger partial charge in [-0.25, -0.2) is 4.79 Å². The quantitative estimate of drug-likeness (QED) is 0.660. The molecule has 1 fully saturated rings. The van der Waals surface area contributed by atoms with Crippen molar-refractivity contribution in [1.29, 1.82) is 0 Å². The maximum Gasteiger partial charge on any atom is 0.339 e. The lowest BCUT2D eigenvalue weighted by Gasteiger charge is -2.10. The second-order valence-corrected chi connectivity index (χ2v) is 6.74. The molecule has 28 heavy (non-hydrogen) atoms. The van der Waals surface area contributed by atoms with Crippen LogP contribution < -0.4 is 10.1 Å². The zero-order valence-corrected chi connectivity index (χ0v) is 15.5. The second-order valence-electron chi connectivity index (χ2n) is 6.74. The van der Waals surface area contributed by atoms with Crippen molar-refractivity contribution < 1.29 is 19.1 Å². The lowest BCUT2D eigenvalue weighted by molar-refractivity contribution is -0.119. The number of nitrogens with one attached hydrogen (secondary N) is 1. The first-order valence-corrected chi connectivity index (χ1v) is 9.15. The van der Waals surface area contributed by atoms with Crippen molar-refractivity contribution >= 4 is 28.5 Å². The Morgan fingerprint density at radius 1 is 1.11 bits per heavy atom. The molecule has 0 bridgehead atoms. The standard InChI is InChI=1S/C22H20N2O4/c1-27-16-10-8-15(9-11-16)23-21(25)13-28-22(26)18-12-20(14-6-7-14)24-19-5-3-2-4-17(18)19/h2-5,8-12,14H,6-7,13H2,1H3,(H,23,25). The molecule has 0 aliphatic heterocycles. The zero-order chi connectivity index (χ0) is 19.5. The van der Waals surface area contributed by atoms with Crippen LogP contribution in [0.3, 0.4) is 0 Å². The van der Waals surface area contributed by atoms with Crippen LogP contribution in [0.5, 0.6) is 5.75 Å². The Balaban J connectivity index is 1.45. The molecule has 0 saturated heterocycles. The van der Waals surface area contributed by atoms with E-state index in [4.69, 9.17) is 9.47 Å². The van der Waals surface area contributed by atoms with Gasteiger partial charge in [-0.2, -0.15) is 0 Å². The Labute approximate surface area is 162 Å². The fraction of sp³-hybridized carbons (Fsp3) is 0.227. The molecule has 0 radical (unpaired) electrons. The van der Waals surface area contributed by atoms with Crippen LogP contribution in [-0.4, -0.2) is 30.6 Å². The fourth-order valence-electron chi connectivity index (χ4n) is 3.03. The van der Waals surface area contributed by atoms with Crippen LogP contribution in [0.15, 0.2) is 54.6 Å². The third-order valence-corrected chi connectivity index (χ3v) is 4.66. The minimum atomic E-state index is -0.523. The maximum atomic E-state index is 12.6. The lowest BCUT2D eigenvalue weighted by atomic mass is 10.1. The lowest BCUT2D eigenvalue weighted by Crippen LogP contribution is -2.21. The highest BCUT2D eigenvalue weighted by atomic mass is 16.5. The molecule has 0 atom stereocenters. The smallest absolute Gasteiger partial charge is 0.339 e. The number of anilines is 1. The molecule has 3 aromatic rings. The van der Waals surface area contributed by atoms with Crippen LogP contribution in [0.2, 0.25) is 0 Å². The van der Waals surface area contributed by atoms with Crippen molar-refractivity contribution in [2.45, 2.75) is 18.8 Å². The van der Waals surface area contributed by atoms with Crippen LogP contribution in [0.4, 0.5) is 5.69 Å². The Morgan fingerprint density at radius 2 is 1.86 bits per heavy atom. The SMILES string of the molecule is COc1ccc(NC(=O)COC(=O)c2cc(C3CC3)nc3ccccc23)cc1. The third-order valence-electron chi connectivity index (χ3n) is 4.66. The Bertz CT molecular complexity index is 1030. The number of hydrogen-bond acceptors (Lipinski definition) is 5. The average molecular weight is 376 g/mol. The number of benzene rings is 2. The Morgan fingerprint density at radius 3 is 2.57 bits per heavy atom. The summed E-state index contributed by atoms with van der Waals surface area (Å²) in [5.41, 5.74) is 2.73. The predicted octanol–water partition coefficient (Wildman–Crippen LogP) is 3.92. The van der Waals surface area contributed by atoms with Crippen molar-refractivity contribution in [3.05, 3.63) is 65.9 Å². The molecule has 1 aliphatic rings. The van der Waals surface area contributed by atoms with E-state index in [9.17, 15) is 9.59 Å². The minimum Gasteiger partial charge on any atom is -0.497 e. The van der Waals surface area contributed by atoms with Gasteiger partial charge in [-0.05, 0) is 49.2 Å². The van der Waals surface area contributed by atoms with Gasteiger partial charge in [0.1, 0.15) is 5.75 Å². The van der Waals surface area contributed by atoms with Crippen LogP contribution in [0, 0.1) is 0 Å². The number of carbonyl (C=O) groups is 2. The minimum absolute atomic E-state index is 0.361. The number of hydrogen-bond donors (Lipinski definition) is 1. The number of esters is 1. The van der Waals surface area contributed by atoms with E-state index >= 15 is 0 Å². The van der Waals surface area contributed by atoms with E-state index in [0.717, 1.165) is 29.4 Å². The topological polar surface area (TPSA) is 77.5 Å². The summed E-state index contributed by atoms with van der Waals surface area (Å²) in [4.78, 5) is 29.4. The number of aromatic nitrogens is 1. The number of para-hydroxylation sites is 1. The van der Waals surface area contributed by atoms with Gasteiger partial charge in [0.25, 0.3) is 5.91 Å². The number of fused-ring (bicyclic) bond motifs is 1. The van der Waals surface area contributed by atoms with E-state index in [2.05, 4.69) is 10.3 Å². The highest BCUT2D eigenvalue weighted by Crippen LogP contribution is 2.40. The fourth-order valence-corrected chi connectivity index (χ4v) is 3.03. The molecule has 0 unspecified atom stereocenters. The molecule has 6 heteroatoms. The summed E-state index contributed by atoms with van der Waals surface area (Å²) < 4.78 is 10.3. The summed E-state index contributed by atoms with van der Waals surface area (Å²) in [6.07, 6.45) is 2.17. The van der Waals surface area contributed by atoms with Gasteiger partial charge in [-0.15, -0.1) is 0 Å². The van der Waals surface area contributed by atoms with Gasteiger partial charge >= 0.3 is 5.97 Å². The van der Waals surface area contributed by atoms with E-state index in [1.54, 1.807) is 37.4 Å². The van der Waals surface area contributed by atoms with Gasteiger partial charge in [0.05, 0.1) is 18.2 Å². The van der Waals surface area contributed by atoms with Gasteiger partial charge in [0.2, 0.25) is 0 Å². The second kappa shape index (κ2) is 7.68. The highest BCUT2D eigenvalue weighted by molar-refractivity contribution is 6.04. The van der Waals surface area contributed by atoms with E-state index in [1.807, 2.05) is 24.3 Å². The van der Waals surface area contributed by atoms with Crippen molar-refractivity contribution in [1.82, 2.24) is 4.98 Å². The molecule has 0 spiro atoms. The van der Waals surface area contributed by atoms with Gasteiger partial charge < -0.3 is 14.8 Å². The molecule has 4 rings (SSSR count). The van der Waals surface area contributed by atoms with Crippen molar-refractivity contribution in [2.24, 2.45) is 0 Å². The Kier molecular flexibility index (Phi) is 4.93. The maximum absolute atomic E-state index is 12.6. The normalized spacial score (nSPS) is 13.2. The number of pyridine rings is 1. The first kappa shape index (κ1) is 18.0. The number of rotatable bonds is 6. The number of carbonyl (C=O) groups excluding carboxylic acids is 2. The van der Waals surface area contributed by atoms with E-state index in [1.165, 1.54) is 0 Å². The molecule has 1 N–H and O–H groups in total. The molecule has 1 amide bonds. The number of amides is 1. The van der Waals surface area contributed by atoms with Crippen LogP contribution in [-0.2, 0) is 9.53 Å². The molecular formula is C22H20N2O4. The van der Waals surface area contributed by atoms with Crippen molar-refractivity contribution in [2.75, 3.05) is 19.0 Å². The molecule has 142 valence electrons. The average Bonchev–Trinajstić information content (AvgIpc) is 3.57. The van der Waals surface area contributed by atoms with Crippen molar-refractivity contribution in [3.8, 4) is 5.75 Å². The summed E-state index contributed by atoms with van der Waals surface area (Å²) in [7, 11) is 1.57. The summed E-state index contributed by atoms with van der Waals surface area (Å²) in [5, 5.41) is 3.42. The highest BCUT2D eigenvalue weighted by Gasteiger charge is 2.27. The molecule has 1 saturated carbocycles. The van der Waals surface area contributed by atoms with E-state index in [-0.39, 0.29) is 6.61 Å². The summed E-state index contributed by atoms with van der Waals surface area (Å²) in [6.45, 7) is -0.361. The van der Waals surface area contributed by atoms with Crippen molar-refractivity contribution in [3.63, 3.8) is 0 Å². The van der Waals surface area contributed by atoms with Gasteiger partial charge in [0.15, 0.2) is 6.61 Å². The molecular weight excluding hydrogens is 356 g/mol. The number of ether oxygens (including phenoxy) is 2. The first-order valence-electron chi connectivity index (χ1n) is 9.15. The number of nitrogens with zero attached hydrogens (tertiary/aromatic N) is 1. The van der Waals surface area contributed by atoms with E-state index < -0.39 is 11.9 Å². The summed E-state index contributed by atoms with van der Waals surface area (Å²) in [6, 6.07) is 16.2. The molecule has 1 aromatic heterocycles. The monoisotopic (exact) mass is 376 g/mol. The van der Waals surface area contributed by atoms with Gasteiger partial charge in [0, 0.05) is 22.7 Å². The summed E-state index contributed by atoms with van der Waals surface area (Å²) >= 11 is 0. The van der Waals surface area contributed by atoms with Crippen LogP contribution in [0.1, 0.15) is 34.8 Å².